The Morgan fingerprint density at radius 1 is 1.05 bits per heavy atom. The minimum atomic E-state index is 0.456. The summed E-state index contributed by atoms with van der Waals surface area (Å²) < 4.78 is 13.2. The maximum Gasteiger partial charge on any atom is 0.168 e. The van der Waals surface area contributed by atoms with Gasteiger partial charge in [-0.25, -0.2) is 0 Å². The number of nitrogens with zero attached hydrogens (tertiary/aromatic N) is 1. The molecule has 0 spiro atoms. The van der Waals surface area contributed by atoms with Crippen molar-refractivity contribution in [3.8, 4) is 22.6 Å². The molecule has 3 aromatic rings. The Hall–Kier alpha value is -2.46. The molecule has 22 heavy (non-hydrogen) atoms. The number of rotatable bonds is 4. The topological polar surface area (TPSA) is 49.4 Å². The number of para-hydroxylation sites is 1. The zero-order valence-corrected chi connectivity index (χ0v) is 13.1. The van der Waals surface area contributed by atoms with E-state index in [1.807, 2.05) is 25.2 Å². The van der Waals surface area contributed by atoms with Crippen LogP contribution in [0.15, 0.2) is 42.6 Å². The summed E-state index contributed by atoms with van der Waals surface area (Å²) in [6.07, 6.45) is 2.11. The summed E-state index contributed by atoms with van der Waals surface area (Å²) in [6, 6.07) is 12.3. The van der Waals surface area contributed by atoms with Crippen molar-refractivity contribution in [3.63, 3.8) is 0 Å². The number of hydrogen-bond donors (Lipinski definition) is 1. The number of benzene rings is 2. The first-order valence-corrected chi connectivity index (χ1v) is 7.19. The Bertz CT molecular complexity index is 821. The van der Waals surface area contributed by atoms with E-state index in [0.717, 1.165) is 22.4 Å². The zero-order chi connectivity index (χ0) is 15.7. The van der Waals surface area contributed by atoms with Gasteiger partial charge in [-0.1, -0.05) is 18.2 Å². The van der Waals surface area contributed by atoms with Gasteiger partial charge in [-0.3, -0.25) is 0 Å². The SMILES string of the molecule is COc1cc(CN)cc(-c2cn(C)c3ccccc23)c1OC. The van der Waals surface area contributed by atoms with E-state index in [2.05, 4.69) is 29.0 Å². The number of hydrogen-bond acceptors (Lipinski definition) is 3. The Kier molecular flexibility index (Phi) is 3.77. The molecule has 4 heteroatoms. The quantitative estimate of drug-likeness (QED) is 0.803. The van der Waals surface area contributed by atoms with E-state index in [1.165, 1.54) is 10.9 Å². The molecule has 3 rings (SSSR count). The van der Waals surface area contributed by atoms with Gasteiger partial charge >= 0.3 is 0 Å². The maximum absolute atomic E-state index is 5.83. The van der Waals surface area contributed by atoms with Gasteiger partial charge in [0.2, 0.25) is 0 Å². The first kappa shape index (κ1) is 14.5. The molecule has 0 aliphatic carbocycles. The highest BCUT2D eigenvalue weighted by Crippen LogP contribution is 2.42. The predicted octanol–water partition coefficient (Wildman–Crippen LogP) is 3.32. The van der Waals surface area contributed by atoms with Crippen LogP contribution >= 0.6 is 0 Å². The van der Waals surface area contributed by atoms with Gasteiger partial charge in [0.05, 0.1) is 14.2 Å². The smallest absolute Gasteiger partial charge is 0.168 e. The minimum absolute atomic E-state index is 0.456. The number of fused-ring (bicyclic) bond motifs is 1. The second-order valence-electron chi connectivity index (χ2n) is 5.25. The van der Waals surface area contributed by atoms with Gasteiger partial charge in [0, 0.05) is 41.8 Å². The molecule has 4 nitrogen and oxygen atoms in total. The Balaban J connectivity index is 2.34. The van der Waals surface area contributed by atoms with Gasteiger partial charge < -0.3 is 19.8 Å². The van der Waals surface area contributed by atoms with E-state index in [9.17, 15) is 0 Å². The standard InChI is InChI=1S/C18H20N2O2/c1-20-11-15(13-6-4-5-7-16(13)20)14-8-12(10-19)9-17(21-2)18(14)22-3/h4-9,11H,10,19H2,1-3H3. The Labute approximate surface area is 130 Å². The summed E-state index contributed by atoms with van der Waals surface area (Å²) in [5.41, 5.74) is 10.1. The van der Waals surface area contributed by atoms with Gasteiger partial charge in [0.15, 0.2) is 11.5 Å². The lowest BCUT2D eigenvalue weighted by Crippen LogP contribution is -2.00. The van der Waals surface area contributed by atoms with Crippen LogP contribution in [0.3, 0.4) is 0 Å². The van der Waals surface area contributed by atoms with Crippen LogP contribution in [-0.2, 0) is 13.6 Å². The van der Waals surface area contributed by atoms with Crippen LogP contribution in [0, 0.1) is 0 Å². The molecule has 0 saturated carbocycles. The number of aromatic nitrogens is 1. The number of ether oxygens (including phenoxy) is 2. The van der Waals surface area contributed by atoms with E-state index in [4.69, 9.17) is 15.2 Å². The van der Waals surface area contributed by atoms with Crippen molar-refractivity contribution < 1.29 is 9.47 Å². The largest absolute Gasteiger partial charge is 0.493 e. The van der Waals surface area contributed by atoms with Crippen LogP contribution in [-0.4, -0.2) is 18.8 Å². The van der Waals surface area contributed by atoms with Gasteiger partial charge in [-0.05, 0) is 23.8 Å². The van der Waals surface area contributed by atoms with Crippen molar-refractivity contribution in [3.05, 3.63) is 48.2 Å². The number of nitrogens with two attached hydrogens (primary N) is 1. The molecule has 0 fully saturated rings. The van der Waals surface area contributed by atoms with E-state index >= 15 is 0 Å². The number of aryl methyl sites for hydroxylation is 1. The summed E-state index contributed by atoms with van der Waals surface area (Å²) >= 11 is 0. The molecular weight excluding hydrogens is 276 g/mol. The van der Waals surface area contributed by atoms with Crippen LogP contribution in [0.25, 0.3) is 22.0 Å². The third kappa shape index (κ3) is 2.22. The second kappa shape index (κ2) is 5.73. The molecule has 0 bridgehead atoms. The molecule has 0 saturated heterocycles. The fourth-order valence-corrected chi connectivity index (χ4v) is 2.90. The lowest BCUT2D eigenvalue weighted by atomic mass is 10.0. The van der Waals surface area contributed by atoms with Crippen molar-refractivity contribution in [2.24, 2.45) is 12.8 Å². The molecule has 2 aromatic carbocycles. The predicted molar refractivity (Wildman–Crippen MR) is 89.4 cm³/mol. The molecule has 0 aliphatic heterocycles. The van der Waals surface area contributed by atoms with Gasteiger partial charge in [0.1, 0.15) is 0 Å². The minimum Gasteiger partial charge on any atom is -0.493 e. The molecule has 0 unspecified atom stereocenters. The van der Waals surface area contributed by atoms with E-state index in [1.54, 1.807) is 14.2 Å². The van der Waals surface area contributed by atoms with Gasteiger partial charge in [-0.2, -0.15) is 0 Å². The molecule has 1 heterocycles. The first-order chi connectivity index (χ1) is 10.7. The Morgan fingerprint density at radius 3 is 2.50 bits per heavy atom. The second-order valence-corrected chi connectivity index (χ2v) is 5.25. The normalized spacial score (nSPS) is 10.9. The van der Waals surface area contributed by atoms with Crippen LogP contribution < -0.4 is 15.2 Å². The Morgan fingerprint density at radius 2 is 1.82 bits per heavy atom. The highest BCUT2D eigenvalue weighted by molar-refractivity contribution is 5.98. The summed E-state index contributed by atoms with van der Waals surface area (Å²) in [6.45, 7) is 0.456. The fourth-order valence-electron chi connectivity index (χ4n) is 2.90. The molecule has 0 radical (unpaired) electrons. The maximum atomic E-state index is 5.83. The molecule has 114 valence electrons. The highest BCUT2D eigenvalue weighted by atomic mass is 16.5. The average molecular weight is 296 g/mol. The zero-order valence-electron chi connectivity index (χ0n) is 13.1. The summed E-state index contributed by atoms with van der Waals surface area (Å²) in [7, 11) is 5.35. The summed E-state index contributed by atoms with van der Waals surface area (Å²) in [5.74, 6) is 1.43. The van der Waals surface area contributed by atoms with Gasteiger partial charge in [-0.15, -0.1) is 0 Å². The van der Waals surface area contributed by atoms with Crippen molar-refractivity contribution in [1.82, 2.24) is 4.57 Å². The van der Waals surface area contributed by atoms with E-state index in [-0.39, 0.29) is 0 Å². The third-order valence-corrected chi connectivity index (χ3v) is 3.96. The lowest BCUT2D eigenvalue weighted by Gasteiger charge is -2.14. The summed E-state index contributed by atoms with van der Waals surface area (Å²) in [5, 5.41) is 1.18. The summed E-state index contributed by atoms with van der Waals surface area (Å²) in [4.78, 5) is 0. The van der Waals surface area contributed by atoms with Crippen LogP contribution in [0.2, 0.25) is 0 Å². The molecule has 1 aromatic heterocycles. The van der Waals surface area contributed by atoms with Gasteiger partial charge in [0.25, 0.3) is 0 Å². The van der Waals surface area contributed by atoms with E-state index < -0.39 is 0 Å². The van der Waals surface area contributed by atoms with Crippen molar-refractivity contribution >= 4 is 10.9 Å². The van der Waals surface area contributed by atoms with Crippen molar-refractivity contribution in [1.29, 1.82) is 0 Å². The molecule has 0 aliphatic rings. The highest BCUT2D eigenvalue weighted by Gasteiger charge is 2.17. The average Bonchev–Trinajstić information content (AvgIpc) is 2.90. The number of methoxy groups -OCH3 is 2. The van der Waals surface area contributed by atoms with E-state index in [0.29, 0.717) is 12.3 Å². The van der Waals surface area contributed by atoms with Crippen LogP contribution in [0.1, 0.15) is 5.56 Å². The monoisotopic (exact) mass is 296 g/mol. The van der Waals surface area contributed by atoms with Crippen molar-refractivity contribution in [2.75, 3.05) is 14.2 Å². The van der Waals surface area contributed by atoms with Crippen LogP contribution in [0.5, 0.6) is 11.5 Å². The van der Waals surface area contributed by atoms with Crippen molar-refractivity contribution in [2.45, 2.75) is 6.54 Å². The molecule has 0 amide bonds. The molecular formula is C18H20N2O2. The fraction of sp³-hybridized carbons (Fsp3) is 0.222. The molecule has 2 N–H and O–H groups in total. The lowest BCUT2D eigenvalue weighted by molar-refractivity contribution is 0.356. The molecule has 0 atom stereocenters. The van der Waals surface area contributed by atoms with Crippen LogP contribution in [0.4, 0.5) is 0 Å². The first-order valence-electron chi connectivity index (χ1n) is 7.19. The third-order valence-electron chi connectivity index (χ3n) is 3.96.